The summed E-state index contributed by atoms with van der Waals surface area (Å²) in [5, 5.41) is 0. The van der Waals surface area contributed by atoms with Crippen LogP contribution in [-0.2, 0) is 16.1 Å². The predicted molar refractivity (Wildman–Crippen MR) is 163 cm³/mol. The van der Waals surface area contributed by atoms with Gasteiger partial charge in [0, 0.05) is 0 Å². The molecule has 0 unspecified atom stereocenters. The summed E-state index contributed by atoms with van der Waals surface area (Å²) in [6.07, 6.45) is 1.83. The molecule has 0 N–H and O–H groups in total. The molecule has 6 rings (SSSR count). The van der Waals surface area contributed by atoms with E-state index in [1.54, 1.807) is 18.4 Å². The van der Waals surface area contributed by atoms with Gasteiger partial charge in [-0.05, 0) is 83.7 Å². The van der Waals surface area contributed by atoms with Gasteiger partial charge in [0.25, 0.3) is 5.56 Å². The van der Waals surface area contributed by atoms with Gasteiger partial charge in [0.2, 0.25) is 6.79 Å². The molecule has 1 atom stereocenters. The van der Waals surface area contributed by atoms with Crippen molar-refractivity contribution >= 4 is 39.3 Å². The number of aryl methyl sites for hydroxylation is 1. The molecule has 2 aliphatic rings. The second-order valence-electron chi connectivity index (χ2n) is 9.88. The lowest BCUT2D eigenvalue weighted by Crippen LogP contribution is -2.39. The lowest BCUT2D eigenvalue weighted by Gasteiger charge is -2.24. The molecule has 3 heterocycles. The van der Waals surface area contributed by atoms with Crippen molar-refractivity contribution in [3.63, 3.8) is 0 Å². The molecule has 8 nitrogen and oxygen atoms in total. The van der Waals surface area contributed by atoms with Crippen molar-refractivity contribution in [2.24, 2.45) is 4.99 Å². The Labute approximate surface area is 254 Å². The van der Waals surface area contributed by atoms with Gasteiger partial charge in [-0.1, -0.05) is 53.3 Å². The minimum Gasteiger partial charge on any atom is -0.488 e. The zero-order valence-electron chi connectivity index (χ0n) is 23.2. The second kappa shape index (κ2) is 11.6. The zero-order chi connectivity index (χ0) is 29.4. The Morgan fingerprint density at radius 3 is 2.64 bits per heavy atom. The fraction of sp³-hybridized carbons (Fsp3) is 0.219. The van der Waals surface area contributed by atoms with Crippen LogP contribution in [0.15, 0.2) is 86.2 Å². The lowest BCUT2D eigenvalue weighted by atomic mass is 9.95. The highest BCUT2D eigenvalue weighted by atomic mass is 79.9. The molecule has 214 valence electrons. The van der Waals surface area contributed by atoms with Gasteiger partial charge in [-0.2, -0.15) is 0 Å². The molecule has 0 radical (unpaired) electrons. The van der Waals surface area contributed by atoms with E-state index in [0.29, 0.717) is 38.7 Å². The summed E-state index contributed by atoms with van der Waals surface area (Å²) in [5.41, 5.74) is 4.35. The maximum atomic E-state index is 13.8. The van der Waals surface area contributed by atoms with Gasteiger partial charge in [0.1, 0.15) is 12.4 Å². The Morgan fingerprint density at radius 1 is 1.10 bits per heavy atom. The molecule has 0 bridgehead atoms. The van der Waals surface area contributed by atoms with Crippen LogP contribution < -0.4 is 29.1 Å². The molecule has 0 saturated heterocycles. The molecule has 0 aliphatic carbocycles. The topological polar surface area (TPSA) is 88.4 Å². The van der Waals surface area contributed by atoms with Crippen LogP contribution in [0.2, 0.25) is 0 Å². The van der Waals surface area contributed by atoms with Crippen molar-refractivity contribution in [2.45, 2.75) is 33.4 Å². The van der Waals surface area contributed by atoms with E-state index in [1.807, 2.05) is 73.7 Å². The van der Waals surface area contributed by atoms with E-state index in [4.69, 9.17) is 18.9 Å². The molecule has 0 saturated carbocycles. The SMILES string of the molecule is CCOC(=O)C1=C(C)N=c2s/c(=C/c3ccc(OCc4ccc5c(c4)OCO5)c(Br)c3)c(=O)n2[C@@H]1c1ccc(C)cc1. The predicted octanol–water partition coefficient (Wildman–Crippen LogP) is 5.18. The number of ether oxygens (including phenoxy) is 4. The number of fused-ring (bicyclic) bond motifs is 2. The molecule has 0 spiro atoms. The Balaban J connectivity index is 1.32. The maximum absolute atomic E-state index is 13.8. The number of halogens is 1. The number of rotatable bonds is 7. The Hall–Kier alpha value is -4.15. The monoisotopic (exact) mass is 646 g/mol. The largest absolute Gasteiger partial charge is 0.488 e. The van der Waals surface area contributed by atoms with Crippen LogP contribution in [-0.4, -0.2) is 23.9 Å². The standard InChI is InChI=1S/C32H27BrN2O6S/c1-4-38-31(37)28-19(3)34-32-35(29(28)22-9-5-18(2)6-10-22)30(36)27(42-32)15-20-7-11-24(23(33)13-20)39-16-21-8-12-25-26(14-21)41-17-40-25/h5-15,29H,4,16-17H2,1-3H3/b27-15+/t29-/m1/s1. The van der Waals surface area contributed by atoms with Crippen molar-refractivity contribution in [3.05, 3.63) is 118 Å². The minimum atomic E-state index is -0.637. The van der Waals surface area contributed by atoms with Crippen LogP contribution in [0.4, 0.5) is 0 Å². The zero-order valence-corrected chi connectivity index (χ0v) is 25.6. The van der Waals surface area contributed by atoms with Crippen LogP contribution in [0.3, 0.4) is 0 Å². The highest BCUT2D eigenvalue weighted by Crippen LogP contribution is 2.34. The number of esters is 1. The number of carbonyl (C=O) groups is 1. The Morgan fingerprint density at radius 2 is 1.88 bits per heavy atom. The molecule has 2 aliphatic heterocycles. The number of nitrogens with zero attached hydrogens (tertiary/aromatic N) is 2. The van der Waals surface area contributed by atoms with E-state index in [0.717, 1.165) is 32.5 Å². The third kappa shape index (κ3) is 5.39. The van der Waals surface area contributed by atoms with Gasteiger partial charge in [-0.3, -0.25) is 9.36 Å². The molecule has 10 heteroatoms. The first-order valence-electron chi connectivity index (χ1n) is 13.4. The summed E-state index contributed by atoms with van der Waals surface area (Å²) in [5.74, 6) is 1.63. The van der Waals surface area contributed by atoms with E-state index >= 15 is 0 Å². The number of carbonyl (C=O) groups excluding carboxylic acids is 1. The minimum absolute atomic E-state index is 0.224. The number of allylic oxidation sites excluding steroid dienone is 1. The molecule has 3 aromatic carbocycles. The summed E-state index contributed by atoms with van der Waals surface area (Å²) >= 11 is 4.90. The summed E-state index contributed by atoms with van der Waals surface area (Å²) in [4.78, 5) is 32.1. The van der Waals surface area contributed by atoms with E-state index in [-0.39, 0.29) is 19.0 Å². The number of thiazole rings is 1. The van der Waals surface area contributed by atoms with Gasteiger partial charge in [0.15, 0.2) is 16.3 Å². The maximum Gasteiger partial charge on any atom is 0.338 e. The van der Waals surface area contributed by atoms with Crippen LogP contribution in [0.5, 0.6) is 17.2 Å². The number of hydrogen-bond donors (Lipinski definition) is 0. The fourth-order valence-corrected chi connectivity index (χ4v) is 6.48. The molecular formula is C32H27BrN2O6S. The van der Waals surface area contributed by atoms with E-state index in [9.17, 15) is 9.59 Å². The number of hydrogen-bond acceptors (Lipinski definition) is 8. The Bertz CT molecular complexity index is 1910. The van der Waals surface area contributed by atoms with Crippen LogP contribution in [0, 0.1) is 6.92 Å². The van der Waals surface area contributed by atoms with E-state index in [1.165, 1.54) is 11.3 Å². The fourth-order valence-electron chi connectivity index (χ4n) is 4.92. The first kappa shape index (κ1) is 28.0. The number of aromatic nitrogens is 1. The second-order valence-corrected chi connectivity index (χ2v) is 11.7. The first-order chi connectivity index (χ1) is 20.3. The third-order valence-corrected chi connectivity index (χ3v) is 8.60. The lowest BCUT2D eigenvalue weighted by molar-refractivity contribution is -0.139. The number of benzene rings is 3. The average molecular weight is 648 g/mol. The summed E-state index contributed by atoms with van der Waals surface area (Å²) in [7, 11) is 0. The van der Waals surface area contributed by atoms with Gasteiger partial charge in [0.05, 0.1) is 32.9 Å². The highest BCUT2D eigenvalue weighted by molar-refractivity contribution is 9.10. The van der Waals surface area contributed by atoms with Crippen molar-refractivity contribution in [1.29, 1.82) is 0 Å². The molecule has 42 heavy (non-hydrogen) atoms. The normalized spacial score (nSPS) is 15.8. The Kier molecular flexibility index (Phi) is 7.74. The van der Waals surface area contributed by atoms with Crippen molar-refractivity contribution in [2.75, 3.05) is 13.4 Å². The summed E-state index contributed by atoms with van der Waals surface area (Å²) in [6.45, 7) is 6.34. The highest BCUT2D eigenvalue weighted by Gasteiger charge is 2.33. The van der Waals surface area contributed by atoms with Crippen molar-refractivity contribution < 1.29 is 23.7 Å². The molecule has 1 aromatic heterocycles. The van der Waals surface area contributed by atoms with Gasteiger partial charge >= 0.3 is 5.97 Å². The quantitative estimate of drug-likeness (QED) is 0.257. The third-order valence-electron chi connectivity index (χ3n) is 7.00. The molecule has 0 amide bonds. The smallest absolute Gasteiger partial charge is 0.338 e. The van der Waals surface area contributed by atoms with E-state index < -0.39 is 12.0 Å². The van der Waals surface area contributed by atoms with Gasteiger partial charge in [-0.25, -0.2) is 9.79 Å². The molecule has 0 fully saturated rings. The van der Waals surface area contributed by atoms with Crippen molar-refractivity contribution in [3.8, 4) is 17.2 Å². The average Bonchev–Trinajstić information content (AvgIpc) is 3.56. The molecular weight excluding hydrogens is 620 g/mol. The first-order valence-corrected chi connectivity index (χ1v) is 15.0. The summed E-state index contributed by atoms with van der Waals surface area (Å²) in [6, 6.07) is 18.6. The summed E-state index contributed by atoms with van der Waals surface area (Å²) < 4.78 is 25.1. The van der Waals surface area contributed by atoms with Crippen LogP contribution >= 0.6 is 27.3 Å². The van der Waals surface area contributed by atoms with Crippen LogP contribution in [0.25, 0.3) is 6.08 Å². The molecule has 4 aromatic rings. The van der Waals surface area contributed by atoms with Crippen LogP contribution in [0.1, 0.15) is 42.1 Å². The van der Waals surface area contributed by atoms with Crippen molar-refractivity contribution in [1.82, 2.24) is 4.57 Å². The van der Waals surface area contributed by atoms with Gasteiger partial charge in [-0.15, -0.1) is 0 Å². The van der Waals surface area contributed by atoms with Gasteiger partial charge < -0.3 is 18.9 Å². The van der Waals surface area contributed by atoms with E-state index in [2.05, 4.69) is 20.9 Å².